The Hall–Kier alpha value is -2.93. The van der Waals surface area contributed by atoms with E-state index in [0.717, 1.165) is 17.5 Å². The topological polar surface area (TPSA) is 46.3 Å². The van der Waals surface area contributed by atoms with Gasteiger partial charge in [0.15, 0.2) is 11.5 Å². The van der Waals surface area contributed by atoms with Crippen LogP contribution in [-0.4, -0.2) is 44.6 Å². The van der Waals surface area contributed by atoms with Gasteiger partial charge in [-0.05, 0) is 76.0 Å². The van der Waals surface area contributed by atoms with Gasteiger partial charge in [-0.1, -0.05) is 73.1 Å². The molecule has 1 unspecified atom stereocenters. The Morgan fingerprint density at radius 1 is 0.854 bits per heavy atom. The molecule has 0 radical (unpaired) electrons. The maximum Gasteiger partial charge on any atom is 0.162 e. The first kappa shape index (κ1) is 34.3. The van der Waals surface area contributed by atoms with Crippen LogP contribution in [0.5, 0.6) is 0 Å². The standard InChI is InChI=1S/C17H12F2N4.C9H20.C8H19N/c1-9-6-20-17-14(7-21-23(17)8-9)12-3-10(2)22-16-13(12)4-11(18)5-15(16)19;2*1-4-6-8-9(3)7-5-2/h3-8H,1-2H3;9H,4-8H2,1-3H3;4-8H2,1-3H3. The maximum atomic E-state index is 14.1. The van der Waals surface area contributed by atoms with Crippen LogP contribution < -0.4 is 0 Å². The molecule has 0 saturated heterocycles. The van der Waals surface area contributed by atoms with E-state index in [1.165, 1.54) is 70.5 Å². The number of benzene rings is 1. The number of fused-ring (bicyclic) bond motifs is 2. The molecule has 0 saturated carbocycles. The third-order valence-electron chi connectivity index (χ3n) is 7.07. The first-order valence-corrected chi connectivity index (χ1v) is 15.4. The van der Waals surface area contributed by atoms with Gasteiger partial charge in [-0.3, -0.25) is 0 Å². The van der Waals surface area contributed by atoms with E-state index in [1.807, 2.05) is 13.1 Å². The highest BCUT2D eigenvalue weighted by Crippen LogP contribution is 2.32. The predicted octanol–water partition coefficient (Wildman–Crippen LogP) is 9.58. The van der Waals surface area contributed by atoms with E-state index in [2.05, 4.69) is 61.6 Å². The molecule has 0 amide bonds. The number of hydrogen-bond acceptors (Lipinski definition) is 4. The summed E-state index contributed by atoms with van der Waals surface area (Å²) in [4.78, 5) is 11.0. The molecule has 226 valence electrons. The van der Waals surface area contributed by atoms with Gasteiger partial charge in [0.05, 0.1) is 6.20 Å². The van der Waals surface area contributed by atoms with Crippen LogP contribution in [-0.2, 0) is 0 Å². The van der Waals surface area contributed by atoms with Crippen LogP contribution in [0.2, 0.25) is 0 Å². The molecular weight excluding hydrogens is 516 g/mol. The number of aromatic nitrogens is 4. The van der Waals surface area contributed by atoms with Crippen molar-refractivity contribution in [3.8, 4) is 11.1 Å². The summed E-state index contributed by atoms with van der Waals surface area (Å²) in [6.07, 6.45) is 16.1. The largest absolute Gasteiger partial charge is 0.306 e. The van der Waals surface area contributed by atoms with Crippen molar-refractivity contribution >= 4 is 16.6 Å². The van der Waals surface area contributed by atoms with E-state index in [0.29, 0.717) is 27.9 Å². The fourth-order valence-electron chi connectivity index (χ4n) is 4.87. The van der Waals surface area contributed by atoms with Crippen LogP contribution in [0.3, 0.4) is 0 Å². The Kier molecular flexibility index (Phi) is 14.9. The lowest BCUT2D eigenvalue weighted by Gasteiger charge is -2.13. The Labute approximate surface area is 246 Å². The molecule has 4 rings (SSSR count). The minimum atomic E-state index is -0.676. The van der Waals surface area contributed by atoms with Crippen molar-refractivity contribution in [2.24, 2.45) is 5.92 Å². The first-order valence-electron chi connectivity index (χ1n) is 15.4. The monoisotopic (exact) mass is 567 g/mol. The van der Waals surface area contributed by atoms with Gasteiger partial charge in [0.1, 0.15) is 11.3 Å². The van der Waals surface area contributed by atoms with Gasteiger partial charge in [-0.15, -0.1) is 0 Å². The summed E-state index contributed by atoms with van der Waals surface area (Å²) in [5, 5.41) is 4.69. The SMILES string of the molecule is CCCCC(C)CCC.CCCCN(C)CCC.Cc1cnc2c(-c3cc(C)nc4c(F)cc(F)cc34)cnn2c1. The maximum absolute atomic E-state index is 14.1. The van der Waals surface area contributed by atoms with Gasteiger partial charge in [0, 0.05) is 35.1 Å². The normalized spacial score (nSPS) is 11.8. The third kappa shape index (κ3) is 10.8. The molecule has 41 heavy (non-hydrogen) atoms. The summed E-state index contributed by atoms with van der Waals surface area (Å²) in [7, 11) is 2.19. The molecule has 4 aromatic rings. The fraction of sp³-hybridized carbons (Fsp3) is 0.559. The number of halogens is 2. The van der Waals surface area contributed by atoms with E-state index in [-0.39, 0.29) is 5.52 Å². The number of pyridine rings is 1. The third-order valence-corrected chi connectivity index (χ3v) is 7.07. The molecule has 0 spiro atoms. The van der Waals surface area contributed by atoms with E-state index < -0.39 is 11.6 Å². The molecule has 5 nitrogen and oxygen atoms in total. The van der Waals surface area contributed by atoms with E-state index in [4.69, 9.17) is 0 Å². The summed E-state index contributed by atoms with van der Waals surface area (Å²) in [6.45, 7) is 17.6. The van der Waals surface area contributed by atoms with Crippen LogP contribution >= 0.6 is 0 Å². The Morgan fingerprint density at radius 2 is 1.59 bits per heavy atom. The van der Waals surface area contributed by atoms with E-state index >= 15 is 0 Å². The molecular formula is C34H51F2N5. The highest BCUT2D eigenvalue weighted by molar-refractivity contribution is 5.98. The molecule has 1 atom stereocenters. The number of aryl methyl sites for hydroxylation is 2. The molecule has 0 aliphatic carbocycles. The molecule has 0 aliphatic heterocycles. The molecule has 0 N–H and O–H groups in total. The summed E-state index contributed by atoms with van der Waals surface area (Å²) in [5.41, 5.74) is 3.77. The Bertz CT molecular complexity index is 1320. The second kappa shape index (κ2) is 17.8. The van der Waals surface area contributed by atoms with Crippen molar-refractivity contribution in [2.45, 2.75) is 99.8 Å². The van der Waals surface area contributed by atoms with Gasteiger partial charge in [0.2, 0.25) is 0 Å². The lowest BCUT2D eigenvalue weighted by atomic mass is 10.00. The molecule has 0 bridgehead atoms. The Balaban J connectivity index is 0.000000272. The predicted molar refractivity (Wildman–Crippen MR) is 169 cm³/mol. The number of unbranched alkanes of at least 4 members (excludes halogenated alkanes) is 2. The summed E-state index contributed by atoms with van der Waals surface area (Å²) in [6, 6.07) is 3.92. The van der Waals surface area contributed by atoms with Gasteiger partial charge in [-0.2, -0.15) is 5.10 Å². The van der Waals surface area contributed by atoms with E-state index in [1.54, 1.807) is 29.9 Å². The van der Waals surface area contributed by atoms with Gasteiger partial charge < -0.3 is 4.90 Å². The average Bonchev–Trinajstić information content (AvgIpc) is 3.35. The van der Waals surface area contributed by atoms with Crippen molar-refractivity contribution in [3.63, 3.8) is 0 Å². The van der Waals surface area contributed by atoms with Crippen molar-refractivity contribution in [1.82, 2.24) is 24.5 Å². The van der Waals surface area contributed by atoms with Gasteiger partial charge >= 0.3 is 0 Å². The number of nitrogens with zero attached hydrogens (tertiary/aromatic N) is 5. The van der Waals surface area contributed by atoms with Crippen LogP contribution in [0.25, 0.3) is 27.7 Å². The quantitative estimate of drug-likeness (QED) is 0.181. The smallest absolute Gasteiger partial charge is 0.162 e. The summed E-state index contributed by atoms with van der Waals surface area (Å²) in [5.74, 6) is -0.345. The summed E-state index contributed by atoms with van der Waals surface area (Å²) >= 11 is 0. The lowest BCUT2D eigenvalue weighted by molar-refractivity contribution is 0.329. The minimum Gasteiger partial charge on any atom is -0.306 e. The highest BCUT2D eigenvalue weighted by Gasteiger charge is 2.16. The fourth-order valence-corrected chi connectivity index (χ4v) is 4.87. The Morgan fingerprint density at radius 3 is 2.24 bits per heavy atom. The van der Waals surface area contributed by atoms with Gasteiger partial charge in [0.25, 0.3) is 0 Å². The van der Waals surface area contributed by atoms with Crippen LogP contribution in [0, 0.1) is 31.4 Å². The molecule has 0 fully saturated rings. The van der Waals surface area contributed by atoms with Crippen LogP contribution in [0.15, 0.2) is 36.8 Å². The number of rotatable bonds is 11. The highest BCUT2D eigenvalue weighted by atomic mass is 19.1. The second-order valence-electron chi connectivity index (χ2n) is 11.2. The zero-order valence-corrected chi connectivity index (χ0v) is 26.6. The second-order valence-corrected chi connectivity index (χ2v) is 11.2. The van der Waals surface area contributed by atoms with Crippen LogP contribution in [0.4, 0.5) is 8.78 Å². The van der Waals surface area contributed by atoms with E-state index in [9.17, 15) is 8.78 Å². The first-order chi connectivity index (χ1) is 19.6. The minimum absolute atomic E-state index is 0.146. The van der Waals surface area contributed by atoms with Crippen molar-refractivity contribution in [2.75, 3.05) is 20.1 Å². The van der Waals surface area contributed by atoms with Gasteiger partial charge in [-0.25, -0.2) is 23.3 Å². The summed E-state index contributed by atoms with van der Waals surface area (Å²) < 4.78 is 29.4. The molecule has 3 heterocycles. The molecule has 7 heteroatoms. The average molecular weight is 568 g/mol. The zero-order chi connectivity index (χ0) is 30.4. The van der Waals surface area contributed by atoms with Crippen LogP contribution in [0.1, 0.15) is 97.2 Å². The van der Waals surface area contributed by atoms with Crippen molar-refractivity contribution < 1.29 is 8.78 Å². The molecule has 3 aromatic heterocycles. The number of hydrogen-bond donors (Lipinski definition) is 0. The zero-order valence-electron chi connectivity index (χ0n) is 26.6. The lowest BCUT2D eigenvalue weighted by Crippen LogP contribution is -2.19. The van der Waals surface area contributed by atoms with Crippen molar-refractivity contribution in [3.05, 3.63) is 59.7 Å². The molecule has 1 aromatic carbocycles. The van der Waals surface area contributed by atoms with Crippen molar-refractivity contribution in [1.29, 1.82) is 0 Å². The molecule has 0 aliphatic rings.